The average molecular weight is 268 g/mol. The third kappa shape index (κ3) is 5.62. The van der Waals surface area contributed by atoms with Gasteiger partial charge in [0.05, 0.1) is 0 Å². The van der Waals surface area contributed by atoms with E-state index in [2.05, 4.69) is 0 Å². The quantitative estimate of drug-likeness (QED) is 0.632. The Balaban J connectivity index is 0.000000181. The lowest BCUT2D eigenvalue weighted by Crippen LogP contribution is -1.79. The molecular formula is C14H15Cl2N. The maximum atomic E-state index is 5.59. The molecular weight excluding hydrogens is 253 g/mol. The number of rotatable bonds is 2. The summed E-state index contributed by atoms with van der Waals surface area (Å²) in [5, 5.41) is 0. The molecule has 0 saturated heterocycles. The van der Waals surface area contributed by atoms with Crippen molar-refractivity contribution in [1.82, 2.24) is 0 Å². The van der Waals surface area contributed by atoms with Gasteiger partial charge in [-0.05, 0) is 23.3 Å². The summed E-state index contributed by atoms with van der Waals surface area (Å²) >= 11 is 11.2. The molecule has 1 nitrogen and oxygen atoms in total. The van der Waals surface area contributed by atoms with Crippen LogP contribution in [-0.2, 0) is 11.8 Å². The van der Waals surface area contributed by atoms with Crippen LogP contribution in [0.1, 0.15) is 11.1 Å². The van der Waals surface area contributed by atoms with Crippen LogP contribution in [0.2, 0.25) is 0 Å². The van der Waals surface area contributed by atoms with Gasteiger partial charge in [-0.2, -0.15) is 0 Å². The highest BCUT2D eigenvalue weighted by molar-refractivity contribution is 6.17. The summed E-state index contributed by atoms with van der Waals surface area (Å²) in [6.45, 7) is 0. The molecule has 0 saturated carbocycles. The largest absolute Gasteiger partial charge is 0.399 e. The molecule has 0 aliphatic carbocycles. The summed E-state index contributed by atoms with van der Waals surface area (Å²) in [6.07, 6.45) is 0. The molecule has 2 aromatic carbocycles. The Morgan fingerprint density at radius 1 is 0.706 bits per heavy atom. The molecule has 2 N–H and O–H groups in total. The minimum atomic E-state index is 0.572. The molecule has 0 amide bonds. The van der Waals surface area contributed by atoms with E-state index in [1.54, 1.807) is 0 Å². The van der Waals surface area contributed by atoms with E-state index in [1.165, 1.54) is 0 Å². The smallest absolute Gasteiger partial charge is 0.0474 e. The van der Waals surface area contributed by atoms with E-state index in [-0.39, 0.29) is 0 Å². The van der Waals surface area contributed by atoms with E-state index in [4.69, 9.17) is 28.9 Å². The first-order valence-corrected chi connectivity index (χ1v) is 6.33. The first-order valence-electron chi connectivity index (χ1n) is 5.26. The molecule has 0 aliphatic rings. The average Bonchev–Trinajstić information content (AvgIpc) is 2.40. The van der Waals surface area contributed by atoms with Crippen LogP contribution >= 0.6 is 23.2 Å². The molecule has 3 heteroatoms. The number of nitrogen functional groups attached to an aromatic ring is 1. The van der Waals surface area contributed by atoms with Crippen LogP contribution in [0.4, 0.5) is 5.69 Å². The van der Waals surface area contributed by atoms with Crippen molar-refractivity contribution in [2.75, 3.05) is 5.73 Å². The van der Waals surface area contributed by atoms with E-state index in [1.807, 2.05) is 54.6 Å². The van der Waals surface area contributed by atoms with Crippen molar-refractivity contribution in [2.45, 2.75) is 11.8 Å². The first kappa shape index (κ1) is 13.9. The van der Waals surface area contributed by atoms with Gasteiger partial charge >= 0.3 is 0 Å². The van der Waals surface area contributed by atoms with Gasteiger partial charge in [-0.3, -0.25) is 0 Å². The second-order valence-corrected chi connectivity index (χ2v) is 4.03. The van der Waals surface area contributed by atoms with Crippen molar-refractivity contribution < 1.29 is 0 Å². The third-order valence-electron chi connectivity index (χ3n) is 2.13. The molecule has 0 aliphatic heterocycles. The summed E-state index contributed by atoms with van der Waals surface area (Å²) in [5.41, 5.74) is 8.45. The Labute approximate surface area is 112 Å². The fourth-order valence-electron chi connectivity index (χ4n) is 1.17. The van der Waals surface area contributed by atoms with Crippen molar-refractivity contribution >= 4 is 28.9 Å². The Morgan fingerprint density at radius 2 is 1.12 bits per heavy atom. The second-order valence-electron chi connectivity index (χ2n) is 3.49. The zero-order valence-corrected chi connectivity index (χ0v) is 11.0. The standard InChI is InChI=1S/C8H8Cl2.C6H7N/c9-5-7-1-2-8(6-10)4-3-7;7-6-4-2-1-3-5-6/h1-4H,5-6H2;1-5H,7H2. The summed E-state index contributed by atoms with van der Waals surface area (Å²) in [6, 6.07) is 17.5. The van der Waals surface area contributed by atoms with Gasteiger partial charge in [0, 0.05) is 17.4 Å². The van der Waals surface area contributed by atoms with Gasteiger partial charge in [-0.25, -0.2) is 0 Å². The number of nitrogens with two attached hydrogens (primary N) is 1. The van der Waals surface area contributed by atoms with Crippen molar-refractivity contribution in [3.05, 3.63) is 65.7 Å². The normalized spacial score (nSPS) is 9.29. The van der Waals surface area contributed by atoms with Gasteiger partial charge in [0.1, 0.15) is 0 Å². The number of halogens is 2. The van der Waals surface area contributed by atoms with Crippen molar-refractivity contribution in [3.8, 4) is 0 Å². The van der Waals surface area contributed by atoms with Crippen LogP contribution < -0.4 is 5.73 Å². The molecule has 0 fully saturated rings. The topological polar surface area (TPSA) is 26.0 Å². The predicted octanol–water partition coefficient (Wildman–Crippen LogP) is 4.43. The number of benzene rings is 2. The molecule has 0 spiro atoms. The van der Waals surface area contributed by atoms with Crippen LogP contribution in [0.5, 0.6) is 0 Å². The Kier molecular flexibility index (Phi) is 6.53. The lowest BCUT2D eigenvalue weighted by Gasteiger charge is -1.95. The van der Waals surface area contributed by atoms with Crippen molar-refractivity contribution in [3.63, 3.8) is 0 Å². The van der Waals surface area contributed by atoms with Gasteiger partial charge in [-0.1, -0.05) is 42.5 Å². The van der Waals surface area contributed by atoms with Crippen LogP contribution in [0, 0.1) is 0 Å². The summed E-state index contributed by atoms with van der Waals surface area (Å²) in [4.78, 5) is 0. The van der Waals surface area contributed by atoms with E-state index < -0.39 is 0 Å². The minimum absolute atomic E-state index is 0.572. The number of hydrogen-bond acceptors (Lipinski definition) is 1. The number of para-hydroxylation sites is 1. The number of anilines is 1. The SMILES string of the molecule is ClCc1ccc(CCl)cc1.Nc1ccccc1. The number of hydrogen-bond donors (Lipinski definition) is 1. The number of alkyl halides is 2. The summed E-state index contributed by atoms with van der Waals surface area (Å²) < 4.78 is 0. The van der Waals surface area contributed by atoms with E-state index in [9.17, 15) is 0 Å². The van der Waals surface area contributed by atoms with Gasteiger partial charge in [0.2, 0.25) is 0 Å². The highest BCUT2D eigenvalue weighted by atomic mass is 35.5. The predicted molar refractivity (Wildman–Crippen MR) is 76.4 cm³/mol. The van der Waals surface area contributed by atoms with Gasteiger partial charge < -0.3 is 5.73 Å². The fourth-order valence-corrected chi connectivity index (χ4v) is 1.53. The van der Waals surface area contributed by atoms with Gasteiger partial charge in [0.15, 0.2) is 0 Å². The second kappa shape index (κ2) is 7.99. The minimum Gasteiger partial charge on any atom is -0.399 e. The molecule has 17 heavy (non-hydrogen) atoms. The highest BCUT2D eigenvalue weighted by Crippen LogP contribution is 2.08. The van der Waals surface area contributed by atoms with E-state index in [0.717, 1.165) is 16.8 Å². The van der Waals surface area contributed by atoms with Gasteiger partial charge in [0.25, 0.3) is 0 Å². The molecule has 0 aromatic heterocycles. The monoisotopic (exact) mass is 267 g/mol. The van der Waals surface area contributed by atoms with Gasteiger partial charge in [-0.15, -0.1) is 23.2 Å². The van der Waals surface area contributed by atoms with Crippen LogP contribution in [0.25, 0.3) is 0 Å². The third-order valence-corrected chi connectivity index (χ3v) is 2.75. The zero-order valence-electron chi connectivity index (χ0n) is 9.44. The molecule has 90 valence electrons. The van der Waals surface area contributed by atoms with Crippen LogP contribution in [0.15, 0.2) is 54.6 Å². The van der Waals surface area contributed by atoms with Crippen LogP contribution in [-0.4, -0.2) is 0 Å². The summed E-state index contributed by atoms with van der Waals surface area (Å²) in [5.74, 6) is 1.14. The maximum absolute atomic E-state index is 5.59. The fraction of sp³-hybridized carbons (Fsp3) is 0.143. The van der Waals surface area contributed by atoms with Crippen LogP contribution in [0.3, 0.4) is 0 Å². The maximum Gasteiger partial charge on any atom is 0.0474 e. The molecule has 0 atom stereocenters. The van der Waals surface area contributed by atoms with E-state index in [0.29, 0.717) is 11.8 Å². The summed E-state index contributed by atoms with van der Waals surface area (Å²) in [7, 11) is 0. The molecule has 0 bridgehead atoms. The highest BCUT2D eigenvalue weighted by Gasteiger charge is 1.90. The van der Waals surface area contributed by atoms with Crippen molar-refractivity contribution in [1.29, 1.82) is 0 Å². The molecule has 2 rings (SSSR count). The first-order chi connectivity index (χ1) is 8.26. The lowest BCUT2D eigenvalue weighted by molar-refractivity contribution is 1.33. The molecule has 0 radical (unpaired) electrons. The molecule has 0 heterocycles. The lowest BCUT2D eigenvalue weighted by atomic mass is 10.2. The Bertz CT molecular complexity index is 389. The zero-order chi connectivity index (χ0) is 12.5. The Hall–Kier alpha value is -1.18. The van der Waals surface area contributed by atoms with Crippen molar-refractivity contribution in [2.24, 2.45) is 0 Å². The Morgan fingerprint density at radius 3 is 1.35 bits per heavy atom. The molecule has 2 aromatic rings. The van der Waals surface area contributed by atoms with E-state index >= 15 is 0 Å². The molecule has 0 unspecified atom stereocenters.